The van der Waals surface area contributed by atoms with Gasteiger partial charge in [-0.3, -0.25) is 9.80 Å². The number of H-pyrrole nitrogens is 1. The van der Waals surface area contributed by atoms with Crippen molar-refractivity contribution in [2.45, 2.75) is 20.7 Å². The van der Waals surface area contributed by atoms with Crippen LogP contribution >= 0.6 is 0 Å². The van der Waals surface area contributed by atoms with E-state index in [0.717, 1.165) is 35.3 Å². The van der Waals surface area contributed by atoms with Gasteiger partial charge in [-0.05, 0) is 68.9 Å². The number of aryl methyl sites for hydroxylation is 1. The smallest absolute Gasteiger partial charge is 0.229 e. The number of ketones is 1. The van der Waals surface area contributed by atoms with Gasteiger partial charge in [-0.1, -0.05) is 19.0 Å². The molecule has 1 aromatic heterocycles. The van der Waals surface area contributed by atoms with Crippen LogP contribution in [0.2, 0.25) is 6.82 Å². The number of fused-ring (bicyclic) bond motifs is 1. The molecule has 0 aliphatic carbocycles. The fourth-order valence-electron chi connectivity index (χ4n) is 4.26. The summed E-state index contributed by atoms with van der Waals surface area (Å²) >= 11 is 0. The van der Waals surface area contributed by atoms with Crippen molar-refractivity contribution in [1.29, 1.82) is 0 Å². The number of rotatable bonds is 12. The molecular formula is C29H33BFN5O3. The molecule has 4 aromatic rings. The number of halogens is 1. The maximum absolute atomic E-state index is 14.0. The summed E-state index contributed by atoms with van der Waals surface area (Å²) in [5.74, 6) is 0.418. The minimum absolute atomic E-state index is 0.0753. The van der Waals surface area contributed by atoms with Crippen molar-refractivity contribution in [2.24, 2.45) is 11.0 Å². The van der Waals surface area contributed by atoms with Gasteiger partial charge in [0.15, 0.2) is 17.3 Å². The molecule has 0 bridgehead atoms. The van der Waals surface area contributed by atoms with Crippen molar-refractivity contribution in [3.63, 3.8) is 0 Å². The zero-order valence-corrected chi connectivity index (χ0v) is 22.8. The predicted molar refractivity (Wildman–Crippen MR) is 158 cm³/mol. The number of benzene rings is 3. The number of nitrogens with zero attached hydrogens (tertiary/aromatic N) is 2. The highest BCUT2D eigenvalue weighted by molar-refractivity contribution is 6.38. The lowest BCUT2D eigenvalue weighted by Gasteiger charge is -2.22. The van der Waals surface area contributed by atoms with Crippen LogP contribution in [0.4, 0.5) is 15.8 Å². The number of hydrogen-bond donors (Lipinski definition) is 3. The molecule has 0 amide bonds. The summed E-state index contributed by atoms with van der Waals surface area (Å²) in [6, 6.07) is 17.4. The third-order valence-electron chi connectivity index (χ3n) is 6.24. The number of carbonyl (C=O) groups excluding carboxylic acids is 1. The van der Waals surface area contributed by atoms with Gasteiger partial charge in [0.25, 0.3) is 0 Å². The quantitative estimate of drug-likeness (QED) is 0.0716. The van der Waals surface area contributed by atoms with Gasteiger partial charge in [-0.2, -0.15) is 5.10 Å². The molecule has 1 atom stereocenters. The fourth-order valence-corrected chi connectivity index (χ4v) is 4.26. The molecule has 4 rings (SSSR count). The molecule has 0 radical (unpaired) electrons. The number of para-hydroxylation sites is 1. The Bertz CT molecular complexity index is 1490. The van der Waals surface area contributed by atoms with Crippen LogP contribution in [-0.2, 0) is 0 Å². The molecule has 0 aliphatic rings. The molecular weight excluding hydrogens is 496 g/mol. The van der Waals surface area contributed by atoms with E-state index in [1.807, 2.05) is 58.1 Å². The van der Waals surface area contributed by atoms with Gasteiger partial charge >= 0.3 is 0 Å². The Kier molecular flexibility index (Phi) is 8.88. The maximum atomic E-state index is 14.0. The normalized spacial score (nSPS) is 11.9. The first-order valence-corrected chi connectivity index (χ1v) is 12.8. The third kappa shape index (κ3) is 6.41. The number of hydrazone groups is 1. The van der Waals surface area contributed by atoms with Crippen molar-refractivity contribution < 1.29 is 18.7 Å². The molecule has 8 nitrogen and oxygen atoms in total. The lowest BCUT2D eigenvalue weighted by Crippen LogP contribution is -2.29. The minimum atomic E-state index is -0.475. The number of aromatic amines is 1. The minimum Gasteiger partial charge on any atom is -0.495 e. The van der Waals surface area contributed by atoms with E-state index >= 15 is 0 Å². The lowest BCUT2D eigenvalue weighted by molar-refractivity contribution is 0.0959. The number of hydrogen-bond acceptors (Lipinski definition) is 7. The van der Waals surface area contributed by atoms with Crippen LogP contribution in [0.1, 0.15) is 23.0 Å². The first-order chi connectivity index (χ1) is 18.8. The second-order valence-electron chi connectivity index (χ2n) is 9.16. The molecule has 0 saturated heterocycles. The summed E-state index contributed by atoms with van der Waals surface area (Å²) in [4.78, 5) is 16.5. The van der Waals surface area contributed by atoms with Crippen LogP contribution in [0, 0.1) is 18.7 Å². The van der Waals surface area contributed by atoms with Crippen molar-refractivity contribution in [3.05, 3.63) is 77.7 Å². The van der Waals surface area contributed by atoms with Crippen LogP contribution < -0.4 is 25.0 Å². The van der Waals surface area contributed by atoms with Crippen molar-refractivity contribution in [1.82, 2.24) is 10.3 Å². The van der Waals surface area contributed by atoms with Gasteiger partial charge in [0, 0.05) is 23.2 Å². The van der Waals surface area contributed by atoms with E-state index in [4.69, 9.17) is 9.47 Å². The van der Waals surface area contributed by atoms with Crippen molar-refractivity contribution >= 4 is 41.7 Å². The Labute approximate surface area is 228 Å². The van der Waals surface area contributed by atoms with Gasteiger partial charge in [0.2, 0.25) is 7.41 Å². The molecule has 202 valence electrons. The van der Waals surface area contributed by atoms with E-state index in [9.17, 15) is 9.18 Å². The van der Waals surface area contributed by atoms with Crippen LogP contribution in [0.5, 0.6) is 17.2 Å². The zero-order valence-electron chi connectivity index (χ0n) is 22.8. The van der Waals surface area contributed by atoms with Crippen LogP contribution in [0.3, 0.4) is 0 Å². The Balaban J connectivity index is 1.51. The molecule has 1 heterocycles. The molecule has 10 heteroatoms. The molecule has 0 spiro atoms. The first-order valence-electron chi connectivity index (χ1n) is 12.8. The molecule has 3 N–H and O–H groups in total. The largest absolute Gasteiger partial charge is 0.495 e. The number of methoxy groups -OCH3 is 1. The molecule has 0 aliphatic heterocycles. The first kappa shape index (κ1) is 27.7. The highest BCUT2D eigenvalue weighted by atomic mass is 19.1. The molecule has 0 fully saturated rings. The van der Waals surface area contributed by atoms with Crippen LogP contribution in [0.25, 0.3) is 10.9 Å². The van der Waals surface area contributed by atoms with Gasteiger partial charge in [-0.25, -0.2) is 4.39 Å². The van der Waals surface area contributed by atoms with Gasteiger partial charge in [0.05, 0.1) is 36.8 Å². The van der Waals surface area contributed by atoms with Gasteiger partial charge < -0.3 is 25.0 Å². The number of nitrogens with one attached hydrogen (secondary N) is 3. The summed E-state index contributed by atoms with van der Waals surface area (Å²) in [5, 5.41) is 13.7. The summed E-state index contributed by atoms with van der Waals surface area (Å²) < 4.78 is 25.2. The average molecular weight is 529 g/mol. The number of ether oxygens (including phenoxy) is 2. The van der Waals surface area contributed by atoms with Crippen molar-refractivity contribution in [2.75, 3.05) is 31.1 Å². The summed E-state index contributed by atoms with van der Waals surface area (Å²) in [6.07, 6.45) is 1.64. The monoisotopic (exact) mass is 529 g/mol. The number of aromatic nitrogens is 1. The molecule has 39 heavy (non-hydrogen) atoms. The molecule has 1 unspecified atom stereocenters. The summed E-state index contributed by atoms with van der Waals surface area (Å²) in [5.41, 5.74) is 3.92. The molecule has 0 saturated carbocycles. The predicted octanol–water partition coefficient (Wildman–Crippen LogP) is 5.72. The van der Waals surface area contributed by atoms with E-state index in [0.29, 0.717) is 23.9 Å². The zero-order chi connectivity index (χ0) is 27.9. The number of anilines is 2. The van der Waals surface area contributed by atoms with E-state index in [1.165, 1.54) is 6.07 Å². The highest BCUT2D eigenvalue weighted by Gasteiger charge is 2.18. The van der Waals surface area contributed by atoms with E-state index in [-0.39, 0.29) is 11.5 Å². The Hall–Kier alpha value is -4.31. The molecule has 3 aromatic carbocycles. The maximum Gasteiger partial charge on any atom is 0.229 e. The Morgan fingerprint density at radius 3 is 2.67 bits per heavy atom. The number of carbonyl (C=O) groups is 1. The van der Waals surface area contributed by atoms with Crippen LogP contribution in [-0.4, -0.2) is 45.2 Å². The standard InChI is InChI=1S/C29H33BFN5O3/c1-18-12-21(39-27-9-7-6-8-22(27)31)10-11-26(18)36(17-32-4)33-16-19(2)29(37)25-14-20-13-24(35-30-3)28(38-5)15-23(20)34-25/h6-16,19,30,32,34-35H,17H2,1-5H3/b33-16-. The number of Topliss-reactive ketones (excluding diaryl/α,β-unsaturated/α-hetero) is 1. The summed E-state index contributed by atoms with van der Waals surface area (Å²) in [7, 11) is 4.20. The Morgan fingerprint density at radius 2 is 1.97 bits per heavy atom. The van der Waals surface area contributed by atoms with Gasteiger partial charge in [-0.15, -0.1) is 0 Å². The second kappa shape index (κ2) is 12.5. The van der Waals surface area contributed by atoms with E-state index in [2.05, 4.69) is 20.6 Å². The highest BCUT2D eigenvalue weighted by Crippen LogP contribution is 2.31. The van der Waals surface area contributed by atoms with Crippen LogP contribution in [0.15, 0.2) is 65.8 Å². The summed E-state index contributed by atoms with van der Waals surface area (Å²) in [6.45, 7) is 6.18. The third-order valence-corrected chi connectivity index (χ3v) is 6.24. The lowest BCUT2D eigenvalue weighted by atomic mass is 9.99. The van der Waals surface area contributed by atoms with E-state index < -0.39 is 11.7 Å². The average Bonchev–Trinajstić information content (AvgIpc) is 3.34. The SMILES string of the molecule is CBNc1cc2cc(C(=O)C(C)/C=N\N(CNC)c3ccc(Oc4ccccc4F)cc3C)[nH]c2cc1OC. The second-order valence-corrected chi connectivity index (χ2v) is 9.16. The topological polar surface area (TPSA) is 91.0 Å². The van der Waals surface area contributed by atoms with E-state index in [1.54, 1.807) is 42.6 Å². The fraction of sp³-hybridized carbons (Fsp3) is 0.241. The Morgan fingerprint density at radius 1 is 1.18 bits per heavy atom. The van der Waals surface area contributed by atoms with Gasteiger partial charge in [0.1, 0.15) is 11.5 Å². The van der Waals surface area contributed by atoms with Crippen molar-refractivity contribution in [3.8, 4) is 17.2 Å².